The van der Waals surface area contributed by atoms with Gasteiger partial charge in [-0.1, -0.05) is 5.16 Å². The molecule has 1 atom stereocenters. The number of hydrogen-bond acceptors (Lipinski definition) is 4. The van der Waals surface area contributed by atoms with Gasteiger partial charge in [-0.3, -0.25) is 4.98 Å². The Kier molecular flexibility index (Phi) is 4.05. The number of aryl methyl sites for hydroxylation is 1. The molecule has 0 spiro atoms. The third kappa shape index (κ3) is 3.21. The summed E-state index contributed by atoms with van der Waals surface area (Å²) in [5, 5.41) is 14.5. The molecule has 5 heteroatoms. The van der Waals surface area contributed by atoms with Crippen molar-refractivity contribution in [3.8, 4) is 0 Å². The van der Waals surface area contributed by atoms with E-state index in [4.69, 9.17) is 10.9 Å². The number of aromatic nitrogens is 1. The SMILES string of the molecule is Cc1ccncc1CNC(C)/C(N)=N/O. The average Bonchev–Trinajstić information content (AvgIpc) is 2.26. The van der Waals surface area contributed by atoms with E-state index in [1.165, 1.54) is 5.56 Å². The first kappa shape index (κ1) is 11.5. The number of nitrogens with zero attached hydrogens (tertiary/aromatic N) is 2. The lowest BCUT2D eigenvalue weighted by molar-refractivity contribution is 0.315. The maximum atomic E-state index is 8.47. The topological polar surface area (TPSA) is 83.5 Å². The number of nitrogens with one attached hydrogen (secondary N) is 1. The van der Waals surface area contributed by atoms with Gasteiger partial charge in [-0.15, -0.1) is 0 Å². The Labute approximate surface area is 89.0 Å². The van der Waals surface area contributed by atoms with Crippen molar-refractivity contribution in [2.75, 3.05) is 0 Å². The van der Waals surface area contributed by atoms with E-state index in [0.29, 0.717) is 6.54 Å². The summed E-state index contributed by atoms with van der Waals surface area (Å²) in [5.41, 5.74) is 7.72. The van der Waals surface area contributed by atoms with Crippen LogP contribution in [0.15, 0.2) is 23.6 Å². The van der Waals surface area contributed by atoms with Gasteiger partial charge in [0.25, 0.3) is 0 Å². The van der Waals surface area contributed by atoms with Crippen LogP contribution in [0.5, 0.6) is 0 Å². The van der Waals surface area contributed by atoms with E-state index in [2.05, 4.69) is 15.5 Å². The molecule has 0 bridgehead atoms. The molecule has 1 rings (SSSR count). The lowest BCUT2D eigenvalue weighted by atomic mass is 10.1. The summed E-state index contributed by atoms with van der Waals surface area (Å²) in [7, 11) is 0. The fourth-order valence-electron chi connectivity index (χ4n) is 1.14. The van der Waals surface area contributed by atoms with Crippen molar-refractivity contribution in [1.82, 2.24) is 10.3 Å². The molecule has 1 unspecified atom stereocenters. The molecule has 82 valence electrons. The molecule has 15 heavy (non-hydrogen) atoms. The van der Waals surface area contributed by atoms with Gasteiger partial charge in [0.15, 0.2) is 5.84 Å². The molecule has 0 saturated heterocycles. The molecule has 0 aliphatic carbocycles. The van der Waals surface area contributed by atoms with E-state index >= 15 is 0 Å². The van der Waals surface area contributed by atoms with Crippen LogP contribution in [0, 0.1) is 6.92 Å². The largest absolute Gasteiger partial charge is 0.409 e. The first-order chi connectivity index (χ1) is 7.15. The van der Waals surface area contributed by atoms with Crippen molar-refractivity contribution in [2.24, 2.45) is 10.9 Å². The fraction of sp³-hybridized carbons (Fsp3) is 0.400. The van der Waals surface area contributed by atoms with Gasteiger partial charge in [0.2, 0.25) is 0 Å². The van der Waals surface area contributed by atoms with E-state index < -0.39 is 0 Å². The number of oxime groups is 1. The van der Waals surface area contributed by atoms with Crippen LogP contribution in [-0.2, 0) is 6.54 Å². The second-order valence-corrected chi connectivity index (χ2v) is 3.43. The van der Waals surface area contributed by atoms with Crippen molar-refractivity contribution in [2.45, 2.75) is 26.4 Å². The summed E-state index contributed by atoms with van der Waals surface area (Å²) in [6.45, 7) is 4.50. The second-order valence-electron chi connectivity index (χ2n) is 3.43. The third-order valence-corrected chi connectivity index (χ3v) is 2.31. The molecule has 0 radical (unpaired) electrons. The summed E-state index contributed by atoms with van der Waals surface area (Å²) in [6.07, 6.45) is 3.56. The predicted molar refractivity (Wildman–Crippen MR) is 58.7 cm³/mol. The highest BCUT2D eigenvalue weighted by atomic mass is 16.4. The Morgan fingerprint density at radius 2 is 2.47 bits per heavy atom. The first-order valence-electron chi connectivity index (χ1n) is 4.75. The number of hydrogen-bond donors (Lipinski definition) is 3. The molecule has 1 aromatic rings. The standard InChI is InChI=1S/C10H16N4O/c1-7-3-4-12-5-9(7)6-13-8(2)10(11)14-15/h3-5,8,13,15H,6H2,1-2H3,(H2,11,14). The first-order valence-corrected chi connectivity index (χ1v) is 4.75. The number of nitrogens with two attached hydrogens (primary N) is 1. The van der Waals surface area contributed by atoms with Crippen LogP contribution < -0.4 is 11.1 Å². The molecule has 1 heterocycles. The van der Waals surface area contributed by atoms with E-state index in [1.54, 1.807) is 12.4 Å². The van der Waals surface area contributed by atoms with Gasteiger partial charge in [0.05, 0.1) is 6.04 Å². The highest BCUT2D eigenvalue weighted by Gasteiger charge is 2.06. The van der Waals surface area contributed by atoms with Crippen LogP contribution in [0.4, 0.5) is 0 Å². The lowest BCUT2D eigenvalue weighted by Gasteiger charge is -2.12. The highest BCUT2D eigenvalue weighted by molar-refractivity contribution is 5.84. The van der Waals surface area contributed by atoms with Gasteiger partial charge in [-0.05, 0) is 31.0 Å². The zero-order chi connectivity index (χ0) is 11.3. The maximum absolute atomic E-state index is 8.47. The van der Waals surface area contributed by atoms with Crippen molar-refractivity contribution < 1.29 is 5.21 Å². The summed E-state index contributed by atoms with van der Waals surface area (Å²) >= 11 is 0. The van der Waals surface area contributed by atoms with Crippen LogP contribution in [-0.4, -0.2) is 22.1 Å². The number of amidine groups is 1. The second kappa shape index (κ2) is 5.31. The normalized spacial score (nSPS) is 13.9. The van der Waals surface area contributed by atoms with Gasteiger partial charge in [-0.2, -0.15) is 0 Å². The van der Waals surface area contributed by atoms with Crippen molar-refractivity contribution in [1.29, 1.82) is 0 Å². The van der Waals surface area contributed by atoms with E-state index in [0.717, 1.165) is 5.56 Å². The van der Waals surface area contributed by atoms with Crippen LogP contribution in [0.1, 0.15) is 18.1 Å². The average molecular weight is 208 g/mol. The predicted octanol–water partition coefficient (Wildman–Crippen LogP) is 0.615. The summed E-state index contributed by atoms with van der Waals surface area (Å²) in [5.74, 6) is 0.177. The van der Waals surface area contributed by atoms with E-state index in [9.17, 15) is 0 Å². The van der Waals surface area contributed by atoms with E-state index in [-0.39, 0.29) is 11.9 Å². The quantitative estimate of drug-likeness (QED) is 0.293. The van der Waals surface area contributed by atoms with Crippen LogP contribution >= 0.6 is 0 Å². The van der Waals surface area contributed by atoms with Gasteiger partial charge >= 0.3 is 0 Å². The molecule has 4 N–H and O–H groups in total. The van der Waals surface area contributed by atoms with Gasteiger partial charge in [0.1, 0.15) is 0 Å². The molecular formula is C10H16N4O. The van der Waals surface area contributed by atoms with Crippen LogP contribution in [0.2, 0.25) is 0 Å². The zero-order valence-electron chi connectivity index (χ0n) is 8.94. The molecule has 0 aliphatic heterocycles. The number of pyridine rings is 1. The van der Waals surface area contributed by atoms with Gasteiger partial charge in [0, 0.05) is 18.9 Å². The zero-order valence-corrected chi connectivity index (χ0v) is 8.94. The minimum absolute atomic E-state index is 0.158. The summed E-state index contributed by atoms with van der Waals surface area (Å²) < 4.78 is 0. The van der Waals surface area contributed by atoms with E-state index in [1.807, 2.05) is 19.9 Å². The van der Waals surface area contributed by atoms with Crippen molar-refractivity contribution in [3.63, 3.8) is 0 Å². The third-order valence-electron chi connectivity index (χ3n) is 2.31. The Bertz CT molecular complexity index is 351. The monoisotopic (exact) mass is 208 g/mol. The fourth-order valence-corrected chi connectivity index (χ4v) is 1.14. The molecule has 0 fully saturated rings. The Hall–Kier alpha value is -1.62. The smallest absolute Gasteiger partial charge is 0.156 e. The molecule has 0 saturated carbocycles. The summed E-state index contributed by atoms with van der Waals surface area (Å²) in [4.78, 5) is 4.04. The molecule has 0 aliphatic rings. The number of rotatable bonds is 4. The Morgan fingerprint density at radius 3 is 3.07 bits per heavy atom. The van der Waals surface area contributed by atoms with Gasteiger partial charge < -0.3 is 16.3 Å². The van der Waals surface area contributed by atoms with Crippen LogP contribution in [0.3, 0.4) is 0 Å². The van der Waals surface area contributed by atoms with Crippen molar-refractivity contribution in [3.05, 3.63) is 29.6 Å². The maximum Gasteiger partial charge on any atom is 0.156 e. The molecular weight excluding hydrogens is 192 g/mol. The molecule has 0 amide bonds. The Morgan fingerprint density at radius 1 is 1.73 bits per heavy atom. The van der Waals surface area contributed by atoms with Crippen LogP contribution in [0.25, 0.3) is 0 Å². The van der Waals surface area contributed by atoms with Crippen molar-refractivity contribution >= 4 is 5.84 Å². The minimum Gasteiger partial charge on any atom is -0.409 e. The summed E-state index contributed by atoms with van der Waals surface area (Å²) in [6, 6.07) is 1.79. The molecule has 5 nitrogen and oxygen atoms in total. The van der Waals surface area contributed by atoms with Gasteiger partial charge in [-0.25, -0.2) is 0 Å². The lowest BCUT2D eigenvalue weighted by Crippen LogP contribution is -2.38. The molecule has 1 aromatic heterocycles. The Balaban J connectivity index is 2.54. The highest BCUT2D eigenvalue weighted by Crippen LogP contribution is 2.04. The minimum atomic E-state index is -0.158. The molecule has 0 aromatic carbocycles.